The Balaban J connectivity index is 2.96. The van der Waals surface area contributed by atoms with Crippen molar-refractivity contribution in [3.8, 4) is 0 Å². The summed E-state index contributed by atoms with van der Waals surface area (Å²) >= 11 is 0. The second-order valence-corrected chi connectivity index (χ2v) is 7.62. The highest BCUT2D eigenvalue weighted by molar-refractivity contribution is 5.78. The third-order valence-electron chi connectivity index (χ3n) is 5.39. The lowest BCUT2D eigenvalue weighted by atomic mass is 9.84. The standard InChI is InChI=1S/C23H37N/c1-9-12-21-14-13-18(4)22(15-21)20(6)19(5)16-24(8)17-23(7,10-2)11-3/h13-16H,6,9-12,17H2,1-5,7-8H3/b19-16-. The third kappa shape index (κ3) is 5.54. The number of aryl methyl sites for hydroxylation is 2. The van der Waals surface area contributed by atoms with Crippen molar-refractivity contribution in [3.05, 3.63) is 53.2 Å². The molecule has 1 heteroatoms. The number of benzene rings is 1. The van der Waals surface area contributed by atoms with Crippen molar-refractivity contribution in [2.45, 2.75) is 67.2 Å². The molecule has 134 valence electrons. The first kappa shape index (κ1) is 20.5. The van der Waals surface area contributed by atoms with E-state index in [9.17, 15) is 0 Å². The van der Waals surface area contributed by atoms with E-state index < -0.39 is 0 Å². The summed E-state index contributed by atoms with van der Waals surface area (Å²) in [4.78, 5) is 2.33. The van der Waals surface area contributed by atoms with Crippen LogP contribution < -0.4 is 0 Å². The second-order valence-electron chi connectivity index (χ2n) is 7.62. The van der Waals surface area contributed by atoms with Crippen LogP contribution in [0.4, 0.5) is 0 Å². The Bertz CT molecular complexity index is 576. The topological polar surface area (TPSA) is 3.24 Å². The molecular weight excluding hydrogens is 290 g/mol. The molecule has 1 aromatic rings. The van der Waals surface area contributed by atoms with Gasteiger partial charge in [0.25, 0.3) is 0 Å². The number of nitrogens with zero attached hydrogens (tertiary/aromatic N) is 1. The van der Waals surface area contributed by atoms with Gasteiger partial charge < -0.3 is 4.90 Å². The van der Waals surface area contributed by atoms with Crippen LogP contribution in [0.15, 0.2) is 36.6 Å². The average Bonchev–Trinajstić information content (AvgIpc) is 2.55. The van der Waals surface area contributed by atoms with Gasteiger partial charge in [-0.05, 0) is 66.4 Å². The first-order valence-corrected chi connectivity index (χ1v) is 9.44. The normalized spacial score (nSPS) is 12.4. The summed E-state index contributed by atoms with van der Waals surface area (Å²) in [5.74, 6) is 0. The van der Waals surface area contributed by atoms with Crippen molar-refractivity contribution >= 4 is 5.57 Å². The lowest BCUT2D eigenvalue weighted by Crippen LogP contribution is -2.29. The Morgan fingerprint density at radius 3 is 2.38 bits per heavy atom. The van der Waals surface area contributed by atoms with E-state index in [0.29, 0.717) is 5.41 Å². The van der Waals surface area contributed by atoms with Gasteiger partial charge in [-0.15, -0.1) is 0 Å². The van der Waals surface area contributed by atoms with Gasteiger partial charge in [0.1, 0.15) is 0 Å². The maximum Gasteiger partial charge on any atom is 0.0223 e. The quantitative estimate of drug-likeness (QED) is 0.460. The van der Waals surface area contributed by atoms with Crippen molar-refractivity contribution in [2.75, 3.05) is 13.6 Å². The van der Waals surface area contributed by atoms with Crippen LogP contribution in [0.25, 0.3) is 5.57 Å². The van der Waals surface area contributed by atoms with E-state index in [-0.39, 0.29) is 0 Å². The Labute approximate surface area is 150 Å². The Kier molecular flexibility index (Phi) is 7.79. The van der Waals surface area contributed by atoms with Gasteiger partial charge in [-0.2, -0.15) is 0 Å². The number of hydrogen-bond acceptors (Lipinski definition) is 1. The molecule has 0 unspecified atom stereocenters. The van der Waals surface area contributed by atoms with Crippen LogP contribution in [0.2, 0.25) is 0 Å². The highest BCUT2D eigenvalue weighted by atomic mass is 15.1. The minimum Gasteiger partial charge on any atom is -0.380 e. The monoisotopic (exact) mass is 327 g/mol. The Hall–Kier alpha value is -1.50. The molecule has 0 aliphatic carbocycles. The molecule has 0 saturated carbocycles. The highest BCUT2D eigenvalue weighted by Crippen LogP contribution is 2.28. The Morgan fingerprint density at radius 1 is 1.21 bits per heavy atom. The lowest BCUT2D eigenvalue weighted by Gasteiger charge is -2.32. The van der Waals surface area contributed by atoms with Crippen LogP contribution in [0.5, 0.6) is 0 Å². The summed E-state index contributed by atoms with van der Waals surface area (Å²) in [5, 5.41) is 0. The second kappa shape index (κ2) is 9.11. The van der Waals surface area contributed by atoms with Crippen LogP contribution in [0, 0.1) is 12.3 Å². The van der Waals surface area contributed by atoms with Gasteiger partial charge in [0, 0.05) is 19.8 Å². The van der Waals surface area contributed by atoms with E-state index in [4.69, 9.17) is 0 Å². The highest BCUT2D eigenvalue weighted by Gasteiger charge is 2.20. The molecule has 0 fully saturated rings. The van der Waals surface area contributed by atoms with Crippen LogP contribution >= 0.6 is 0 Å². The summed E-state index contributed by atoms with van der Waals surface area (Å²) in [6, 6.07) is 6.79. The largest absolute Gasteiger partial charge is 0.380 e. The molecule has 0 radical (unpaired) electrons. The lowest BCUT2D eigenvalue weighted by molar-refractivity contribution is 0.218. The minimum absolute atomic E-state index is 0.379. The summed E-state index contributed by atoms with van der Waals surface area (Å²) in [6.45, 7) is 19.0. The van der Waals surface area contributed by atoms with Crippen molar-refractivity contribution < 1.29 is 0 Å². The molecule has 1 nitrogen and oxygen atoms in total. The molecule has 0 heterocycles. The minimum atomic E-state index is 0.379. The Morgan fingerprint density at radius 2 is 1.83 bits per heavy atom. The molecular formula is C23H37N. The van der Waals surface area contributed by atoms with Crippen molar-refractivity contribution in [1.29, 1.82) is 0 Å². The van der Waals surface area contributed by atoms with E-state index in [2.05, 4.69) is 84.5 Å². The van der Waals surface area contributed by atoms with Crippen molar-refractivity contribution in [3.63, 3.8) is 0 Å². The first-order valence-electron chi connectivity index (χ1n) is 9.44. The van der Waals surface area contributed by atoms with Gasteiger partial charge in [-0.3, -0.25) is 0 Å². The maximum atomic E-state index is 4.38. The summed E-state index contributed by atoms with van der Waals surface area (Å²) < 4.78 is 0. The predicted octanol–water partition coefficient (Wildman–Crippen LogP) is 6.62. The molecule has 1 rings (SSSR count). The number of allylic oxidation sites excluding steroid dienone is 2. The number of rotatable bonds is 9. The average molecular weight is 328 g/mol. The molecule has 0 atom stereocenters. The molecule has 0 amide bonds. The zero-order valence-electron chi connectivity index (χ0n) is 17.0. The van der Waals surface area contributed by atoms with Gasteiger partial charge in [-0.1, -0.05) is 58.9 Å². The molecule has 0 aromatic heterocycles. The van der Waals surface area contributed by atoms with E-state index in [1.807, 2.05) is 0 Å². The van der Waals surface area contributed by atoms with Crippen LogP contribution in [-0.4, -0.2) is 18.5 Å². The van der Waals surface area contributed by atoms with E-state index >= 15 is 0 Å². The SMILES string of the molecule is C=C(/C(C)=C\N(C)CC(C)(CC)CC)c1cc(CCC)ccc1C. The van der Waals surface area contributed by atoms with Crippen LogP contribution in [0.1, 0.15) is 70.6 Å². The predicted molar refractivity (Wildman–Crippen MR) is 109 cm³/mol. The van der Waals surface area contributed by atoms with Gasteiger partial charge in [0.2, 0.25) is 0 Å². The zero-order valence-corrected chi connectivity index (χ0v) is 17.0. The van der Waals surface area contributed by atoms with Crippen LogP contribution in [-0.2, 0) is 6.42 Å². The zero-order chi connectivity index (χ0) is 18.3. The fourth-order valence-corrected chi connectivity index (χ4v) is 3.18. The third-order valence-corrected chi connectivity index (χ3v) is 5.39. The van der Waals surface area contributed by atoms with Gasteiger partial charge >= 0.3 is 0 Å². The summed E-state index contributed by atoms with van der Waals surface area (Å²) in [5.41, 5.74) is 6.78. The van der Waals surface area contributed by atoms with Crippen molar-refractivity contribution in [1.82, 2.24) is 4.90 Å². The molecule has 24 heavy (non-hydrogen) atoms. The fraction of sp³-hybridized carbons (Fsp3) is 0.565. The smallest absolute Gasteiger partial charge is 0.0223 e. The first-order chi connectivity index (χ1) is 11.3. The van der Waals surface area contributed by atoms with Crippen molar-refractivity contribution in [2.24, 2.45) is 5.41 Å². The number of hydrogen-bond donors (Lipinski definition) is 0. The fourth-order valence-electron chi connectivity index (χ4n) is 3.18. The molecule has 0 aliphatic rings. The molecule has 1 aromatic carbocycles. The van der Waals surface area contributed by atoms with Crippen LogP contribution in [0.3, 0.4) is 0 Å². The summed E-state index contributed by atoms with van der Waals surface area (Å²) in [7, 11) is 2.18. The molecule has 0 N–H and O–H groups in total. The van der Waals surface area contributed by atoms with E-state index in [1.54, 1.807) is 0 Å². The molecule has 0 spiro atoms. The van der Waals surface area contributed by atoms with E-state index in [1.165, 1.54) is 41.5 Å². The molecule has 0 aliphatic heterocycles. The maximum absolute atomic E-state index is 4.38. The molecule has 0 saturated heterocycles. The van der Waals surface area contributed by atoms with Gasteiger partial charge in [0.05, 0.1) is 0 Å². The van der Waals surface area contributed by atoms with E-state index in [0.717, 1.165) is 18.5 Å². The summed E-state index contributed by atoms with van der Waals surface area (Å²) in [6.07, 6.45) is 6.99. The van der Waals surface area contributed by atoms with Gasteiger partial charge in [-0.25, -0.2) is 0 Å². The molecule has 0 bridgehead atoms. The van der Waals surface area contributed by atoms with Gasteiger partial charge in [0.15, 0.2) is 0 Å².